The van der Waals surface area contributed by atoms with Gasteiger partial charge in [-0.3, -0.25) is 4.79 Å². The van der Waals surface area contributed by atoms with E-state index in [4.69, 9.17) is 0 Å². The maximum atomic E-state index is 13.1. The number of hydrogen-bond donors (Lipinski definition) is 0. The second kappa shape index (κ2) is 5.52. The summed E-state index contributed by atoms with van der Waals surface area (Å²) in [5.74, 6) is 0.326. The molecule has 3 rings (SSSR count). The van der Waals surface area contributed by atoms with E-state index in [1.807, 2.05) is 11.9 Å². The monoisotopic (exact) mass is 471 g/mol. The van der Waals surface area contributed by atoms with Crippen molar-refractivity contribution in [2.45, 2.75) is 55.0 Å². The molecule has 0 aliphatic heterocycles. The van der Waals surface area contributed by atoms with Crippen LogP contribution in [0.4, 0.5) is 0 Å². The first kappa shape index (κ1) is 17.3. The first-order chi connectivity index (χ1) is 9.20. The van der Waals surface area contributed by atoms with Gasteiger partial charge in [-0.2, -0.15) is 0 Å². The Morgan fingerprint density at radius 2 is 1.95 bits per heavy atom. The summed E-state index contributed by atoms with van der Waals surface area (Å²) in [4.78, 5) is 15.3. The number of carbonyl (C=O) groups is 1. The van der Waals surface area contributed by atoms with Crippen LogP contribution in [0.5, 0.6) is 0 Å². The van der Waals surface area contributed by atoms with E-state index in [1.165, 1.54) is 0 Å². The van der Waals surface area contributed by atoms with Gasteiger partial charge in [0.05, 0.1) is 9.15 Å². The Labute approximate surface area is 147 Å². The van der Waals surface area contributed by atoms with E-state index in [0.717, 1.165) is 32.2 Å². The molecule has 3 saturated carbocycles. The third-order valence-corrected chi connectivity index (χ3v) is 9.29. The van der Waals surface area contributed by atoms with E-state index in [2.05, 4.69) is 68.6 Å². The molecule has 116 valence electrons. The van der Waals surface area contributed by atoms with E-state index in [0.29, 0.717) is 5.91 Å². The number of rotatable bonds is 5. The highest BCUT2D eigenvalue weighted by Crippen LogP contribution is 2.82. The number of unbranched alkanes of at least 4 members (excludes halogenated alkanes) is 1. The zero-order valence-electron chi connectivity index (χ0n) is 12.7. The SMILES string of the molecule is CCCCN(C)C(=O)C12CCC(C(Br)Br)(C1Br)C2(C)C. The molecule has 3 aliphatic carbocycles. The van der Waals surface area contributed by atoms with Crippen molar-refractivity contribution in [3.63, 3.8) is 0 Å². The van der Waals surface area contributed by atoms with E-state index >= 15 is 0 Å². The van der Waals surface area contributed by atoms with Crippen molar-refractivity contribution < 1.29 is 4.79 Å². The molecule has 3 aliphatic rings. The first-order valence-electron chi connectivity index (χ1n) is 7.38. The standard InChI is InChI=1S/C15H24Br3NO/c1-5-6-9-19(4)12(20)15-8-7-14(10(15)16,11(17)18)13(15,2)3/h10-11H,5-9H2,1-4H3. The maximum Gasteiger partial charge on any atom is 0.230 e. The molecule has 3 unspecified atom stereocenters. The van der Waals surface area contributed by atoms with Gasteiger partial charge < -0.3 is 4.90 Å². The summed E-state index contributed by atoms with van der Waals surface area (Å²) in [6.45, 7) is 7.56. The Kier molecular flexibility index (Phi) is 4.77. The van der Waals surface area contributed by atoms with Crippen molar-refractivity contribution in [2.75, 3.05) is 13.6 Å². The molecule has 0 heterocycles. The van der Waals surface area contributed by atoms with Gasteiger partial charge in [-0.25, -0.2) is 0 Å². The van der Waals surface area contributed by atoms with Gasteiger partial charge in [-0.1, -0.05) is 75.0 Å². The lowest BCUT2D eigenvalue weighted by Gasteiger charge is -2.66. The summed E-state index contributed by atoms with van der Waals surface area (Å²) in [7, 11) is 1.96. The molecule has 0 spiro atoms. The van der Waals surface area contributed by atoms with E-state index in [-0.39, 0.29) is 24.8 Å². The highest BCUT2D eigenvalue weighted by atomic mass is 79.9. The topological polar surface area (TPSA) is 20.3 Å². The van der Waals surface area contributed by atoms with Gasteiger partial charge in [-0.15, -0.1) is 0 Å². The Balaban J connectivity index is 2.27. The predicted octanol–water partition coefficient (Wildman–Crippen LogP) is 4.93. The summed E-state index contributed by atoms with van der Waals surface area (Å²) in [5, 5.41) is 0. The molecule has 0 aromatic rings. The fraction of sp³-hybridized carbons (Fsp3) is 0.933. The fourth-order valence-electron chi connectivity index (χ4n) is 4.51. The van der Waals surface area contributed by atoms with Crippen molar-refractivity contribution in [3.05, 3.63) is 0 Å². The lowest BCUT2D eigenvalue weighted by Crippen LogP contribution is -2.72. The zero-order valence-corrected chi connectivity index (χ0v) is 17.4. The molecule has 1 amide bonds. The van der Waals surface area contributed by atoms with Gasteiger partial charge in [0.1, 0.15) is 0 Å². The molecule has 2 nitrogen and oxygen atoms in total. The third kappa shape index (κ3) is 1.81. The summed E-state index contributed by atoms with van der Waals surface area (Å²) in [6, 6.07) is 0. The number of hydrogen-bond acceptors (Lipinski definition) is 1. The molecule has 3 atom stereocenters. The van der Waals surface area contributed by atoms with E-state index < -0.39 is 0 Å². The second-order valence-corrected chi connectivity index (χ2v) is 10.9. The minimum Gasteiger partial charge on any atom is -0.345 e. The van der Waals surface area contributed by atoms with Crippen LogP contribution in [-0.4, -0.2) is 33.0 Å². The smallest absolute Gasteiger partial charge is 0.230 e. The molecule has 5 heteroatoms. The maximum absolute atomic E-state index is 13.1. The molecule has 0 aromatic heterocycles. The third-order valence-electron chi connectivity index (χ3n) is 6.06. The minimum absolute atomic E-state index is 0.00336. The summed E-state index contributed by atoms with van der Waals surface area (Å²) in [5.41, 5.74) is -0.118. The molecule has 0 aromatic carbocycles. The Morgan fingerprint density at radius 3 is 2.35 bits per heavy atom. The molecule has 3 fully saturated rings. The van der Waals surface area contributed by atoms with Crippen molar-refractivity contribution in [1.82, 2.24) is 4.90 Å². The molecule has 20 heavy (non-hydrogen) atoms. The highest BCUT2D eigenvalue weighted by molar-refractivity contribution is 9.24. The number of halogens is 3. The summed E-state index contributed by atoms with van der Waals surface area (Å²) >= 11 is 11.3. The average molecular weight is 474 g/mol. The number of nitrogens with zero attached hydrogens (tertiary/aromatic N) is 1. The van der Waals surface area contributed by atoms with Crippen LogP contribution in [-0.2, 0) is 4.79 Å². The quantitative estimate of drug-likeness (QED) is 0.518. The van der Waals surface area contributed by atoms with Gasteiger partial charge in [-0.05, 0) is 24.7 Å². The van der Waals surface area contributed by atoms with Gasteiger partial charge in [0.25, 0.3) is 0 Å². The largest absolute Gasteiger partial charge is 0.345 e. The Bertz CT molecular complexity index is 412. The van der Waals surface area contributed by atoms with E-state index in [1.54, 1.807) is 0 Å². The number of carbonyl (C=O) groups excluding carboxylic acids is 1. The van der Waals surface area contributed by atoms with Crippen LogP contribution in [0.25, 0.3) is 0 Å². The lowest BCUT2D eigenvalue weighted by molar-refractivity contribution is -0.171. The average Bonchev–Trinajstić information content (AvgIpc) is 2.84. The van der Waals surface area contributed by atoms with Gasteiger partial charge in [0.2, 0.25) is 5.91 Å². The second-order valence-electron chi connectivity index (χ2n) is 6.88. The fourth-order valence-corrected chi connectivity index (χ4v) is 9.41. The summed E-state index contributed by atoms with van der Waals surface area (Å²) in [6.07, 6.45) is 4.28. The van der Waals surface area contributed by atoms with Crippen LogP contribution in [0.1, 0.15) is 46.5 Å². The molecule has 2 bridgehead atoms. The highest BCUT2D eigenvalue weighted by Gasteiger charge is 2.83. The number of fused-ring (bicyclic) bond motifs is 1. The van der Waals surface area contributed by atoms with Crippen LogP contribution in [0, 0.1) is 16.2 Å². The molecule has 0 saturated heterocycles. The van der Waals surface area contributed by atoms with Crippen molar-refractivity contribution in [1.29, 1.82) is 0 Å². The van der Waals surface area contributed by atoms with Crippen LogP contribution in [0.3, 0.4) is 0 Å². The van der Waals surface area contributed by atoms with E-state index in [9.17, 15) is 4.79 Å². The minimum atomic E-state index is -0.241. The van der Waals surface area contributed by atoms with Crippen molar-refractivity contribution >= 4 is 53.7 Å². The van der Waals surface area contributed by atoms with Crippen LogP contribution in [0.15, 0.2) is 0 Å². The van der Waals surface area contributed by atoms with Gasteiger partial charge >= 0.3 is 0 Å². The van der Waals surface area contributed by atoms with Gasteiger partial charge in [0, 0.05) is 23.8 Å². The van der Waals surface area contributed by atoms with Crippen LogP contribution in [0.2, 0.25) is 0 Å². The normalized spacial score (nSPS) is 37.9. The molecular formula is C15H24Br3NO. The number of amides is 1. The number of alkyl halides is 3. The molecular weight excluding hydrogens is 450 g/mol. The Morgan fingerprint density at radius 1 is 1.35 bits per heavy atom. The zero-order chi connectivity index (χ0) is 15.3. The Hall–Kier alpha value is 0.910. The first-order valence-corrected chi connectivity index (χ1v) is 10.1. The van der Waals surface area contributed by atoms with Crippen LogP contribution >= 0.6 is 47.8 Å². The molecule has 0 N–H and O–H groups in total. The lowest BCUT2D eigenvalue weighted by atomic mass is 9.43. The van der Waals surface area contributed by atoms with Crippen molar-refractivity contribution in [3.8, 4) is 0 Å². The van der Waals surface area contributed by atoms with Crippen molar-refractivity contribution in [2.24, 2.45) is 16.2 Å². The summed E-state index contributed by atoms with van der Waals surface area (Å²) < 4.78 is 0.242. The molecule has 0 radical (unpaired) electrons. The van der Waals surface area contributed by atoms with Crippen LogP contribution < -0.4 is 0 Å². The van der Waals surface area contributed by atoms with Gasteiger partial charge in [0.15, 0.2) is 0 Å². The predicted molar refractivity (Wildman–Crippen MR) is 94.8 cm³/mol.